The Morgan fingerprint density at radius 3 is 2.31 bits per heavy atom. The van der Waals surface area contributed by atoms with Gasteiger partial charge in [-0.25, -0.2) is 0 Å². The molecule has 0 aliphatic heterocycles. The van der Waals surface area contributed by atoms with Crippen molar-refractivity contribution in [2.75, 3.05) is 6.61 Å². The lowest BCUT2D eigenvalue weighted by Crippen LogP contribution is -2.60. The fourth-order valence-electron chi connectivity index (χ4n) is 9.75. The summed E-state index contributed by atoms with van der Waals surface area (Å²) in [5, 5.41) is 0. The number of hydrogen-bond acceptors (Lipinski definition) is 5. The van der Waals surface area contributed by atoms with Crippen LogP contribution in [0.2, 0.25) is 0 Å². The van der Waals surface area contributed by atoms with Crippen LogP contribution >= 0.6 is 0 Å². The number of fused-ring (bicyclic) bond motifs is 5. The maximum absolute atomic E-state index is 14.3. The summed E-state index contributed by atoms with van der Waals surface area (Å²) >= 11 is 0. The average Bonchev–Trinajstić information content (AvgIpc) is 3.21. The van der Waals surface area contributed by atoms with Crippen molar-refractivity contribution >= 4 is 17.7 Å². The summed E-state index contributed by atoms with van der Waals surface area (Å²) in [6.07, 6.45) is 10.1. The number of hydrogen-bond donors (Lipinski definition) is 0. The fourth-order valence-corrected chi connectivity index (χ4v) is 9.75. The molecule has 0 aromatic heterocycles. The first-order chi connectivity index (χ1) is 17.1. The molecule has 4 saturated carbocycles. The van der Waals surface area contributed by atoms with E-state index < -0.39 is 0 Å². The van der Waals surface area contributed by atoms with Crippen LogP contribution in [0.4, 0.5) is 0 Å². The molecular weight excluding hydrogens is 452 g/mol. The number of ether oxygens (including phenoxy) is 2. The predicted molar refractivity (Wildman–Crippen MR) is 140 cm³/mol. The van der Waals surface area contributed by atoms with Gasteiger partial charge in [-0.15, -0.1) is 0 Å². The Morgan fingerprint density at radius 1 is 0.944 bits per heavy atom. The lowest BCUT2D eigenvalue weighted by Gasteiger charge is -2.62. The van der Waals surface area contributed by atoms with Crippen molar-refractivity contribution in [1.82, 2.24) is 0 Å². The lowest BCUT2D eigenvalue weighted by molar-refractivity contribution is -0.179. The zero-order chi connectivity index (χ0) is 26.3. The van der Waals surface area contributed by atoms with E-state index in [1.165, 1.54) is 12.8 Å². The summed E-state index contributed by atoms with van der Waals surface area (Å²) < 4.78 is 11.0. The molecule has 0 bridgehead atoms. The van der Waals surface area contributed by atoms with E-state index in [-0.39, 0.29) is 40.7 Å². The van der Waals surface area contributed by atoms with Crippen LogP contribution in [0.5, 0.6) is 0 Å². The number of esters is 2. The summed E-state index contributed by atoms with van der Waals surface area (Å²) in [6, 6.07) is 0. The van der Waals surface area contributed by atoms with Crippen molar-refractivity contribution in [3.8, 4) is 0 Å². The Labute approximate surface area is 218 Å². The molecule has 4 fully saturated rings. The molecule has 36 heavy (non-hydrogen) atoms. The third-order valence-electron chi connectivity index (χ3n) is 11.6. The smallest absolute Gasteiger partial charge is 0.305 e. The van der Waals surface area contributed by atoms with Crippen molar-refractivity contribution in [3.63, 3.8) is 0 Å². The van der Waals surface area contributed by atoms with Gasteiger partial charge in [0.15, 0.2) is 0 Å². The summed E-state index contributed by atoms with van der Waals surface area (Å²) in [6.45, 7) is 13.6. The van der Waals surface area contributed by atoms with Crippen LogP contribution < -0.4 is 0 Å². The van der Waals surface area contributed by atoms with Gasteiger partial charge in [0.05, 0.1) is 6.61 Å². The summed E-state index contributed by atoms with van der Waals surface area (Å²) in [5.74, 6) is 2.85. The van der Waals surface area contributed by atoms with E-state index in [1.807, 2.05) is 13.8 Å². The van der Waals surface area contributed by atoms with Crippen molar-refractivity contribution in [2.45, 2.75) is 118 Å². The van der Waals surface area contributed by atoms with E-state index in [4.69, 9.17) is 9.47 Å². The molecule has 0 amide bonds. The normalized spacial score (nSPS) is 42.6. The number of ketones is 1. The Morgan fingerprint density at radius 2 is 1.64 bits per heavy atom. The van der Waals surface area contributed by atoms with Gasteiger partial charge in [-0.3, -0.25) is 14.4 Å². The molecular formula is C31H50O5. The molecule has 0 saturated heterocycles. The van der Waals surface area contributed by atoms with Crippen LogP contribution in [0.15, 0.2) is 0 Å². The first-order valence-corrected chi connectivity index (χ1v) is 15.0. The molecule has 0 unspecified atom stereocenters. The number of rotatable bonds is 8. The fraction of sp³-hybridized carbons (Fsp3) is 0.903. The van der Waals surface area contributed by atoms with E-state index in [0.717, 1.165) is 44.9 Å². The summed E-state index contributed by atoms with van der Waals surface area (Å²) in [7, 11) is 0. The number of carbonyl (C=O) groups is 3. The van der Waals surface area contributed by atoms with Gasteiger partial charge in [-0.05, 0) is 105 Å². The van der Waals surface area contributed by atoms with Gasteiger partial charge < -0.3 is 9.47 Å². The highest BCUT2D eigenvalue weighted by molar-refractivity contribution is 5.86. The van der Waals surface area contributed by atoms with E-state index >= 15 is 0 Å². The highest BCUT2D eigenvalue weighted by atomic mass is 16.5. The van der Waals surface area contributed by atoms with E-state index in [2.05, 4.69) is 27.7 Å². The van der Waals surface area contributed by atoms with Crippen LogP contribution in [0, 0.1) is 52.3 Å². The minimum absolute atomic E-state index is 0.0288. The molecule has 5 heteroatoms. The molecule has 0 heterocycles. The highest BCUT2D eigenvalue weighted by Gasteiger charge is 2.65. The van der Waals surface area contributed by atoms with Crippen molar-refractivity contribution in [2.24, 2.45) is 52.3 Å². The molecule has 0 radical (unpaired) electrons. The minimum atomic E-state index is -0.112. The molecule has 204 valence electrons. The predicted octanol–water partition coefficient (Wildman–Crippen LogP) is 6.76. The topological polar surface area (TPSA) is 69.7 Å². The Hall–Kier alpha value is -1.39. The van der Waals surface area contributed by atoms with E-state index in [1.54, 1.807) is 0 Å². The third-order valence-corrected chi connectivity index (χ3v) is 11.6. The standard InChI is InChI=1S/C31H50O5/c1-7-21-25-18-20(36-26(32)8-2)14-16-31(25,6)24-15-17-30(5)22(11-12-23(30)28(24)29(21)34)19(4)10-13-27(33)35-9-3/h19-25,28H,7-18H2,1-6H3/t19-,20-,21-,22-,23+,24+,25+,28+,30-,31-/m1/s1. The van der Waals surface area contributed by atoms with Crippen LogP contribution in [0.1, 0.15) is 112 Å². The first kappa shape index (κ1) is 27.6. The van der Waals surface area contributed by atoms with Gasteiger partial charge in [-0.1, -0.05) is 34.6 Å². The molecule has 0 N–H and O–H groups in total. The van der Waals surface area contributed by atoms with Crippen molar-refractivity contribution in [3.05, 3.63) is 0 Å². The molecule has 0 spiro atoms. The highest BCUT2D eigenvalue weighted by Crippen LogP contribution is 2.68. The minimum Gasteiger partial charge on any atom is -0.466 e. The molecule has 10 atom stereocenters. The SMILES string of the molecule is CCOC(=O)CC[C@@H](C)[C@H]1CC[C@H]2[C@@H]3C(=O)[C@H](CC)[C@@H]4C[C@H](OC(=O)CC)CC[C@]4(C)[C@H]3CC[C@]12C. The molecule has 5 nitrogen and oxygen atoms in total. The number of carbonyl (C=O) groups excluding carboxylic acids is 3. The number of Topliss-reactive ketones (excluding diaryl/α,β-unsaturated/α-hetero) is 1. The Balaban J connectivity index is 1.53. The largest absolute Gasteiger partial charge is 0.466 e. The van der Waals surface area contributed by atoms with Gasteiger partial charge in [-0.2, -0.15) is 0 Å². The third kappa shape index (κ3) is 4.66. The maximum atomic E-state index is 14.3. The summed E-state index contributed by atoms with van der Waals surface area (Å²) in [4.78, 5) is 38.3. The maximum Gasteiger partial charge on any atom is 0.305 e. The Bertz CT molecular complexity index is 837. The molecule has 0 aromatic rings. The van der Waals surface area contributed by atoms with Gasteiger partial charge in [0, 0.05) is 24.7 Å². The molecule has 4 aliphatic carbocycles. The zero-order valence-electron chi connectivity index (χ0n) is 23.6. The van der Waals surface area contributed by atoms with Crippen LogP contribution in [-0.2, 0) is 23.9 Å². The van der Waals surface area contributed by atoms with Gasteiger partial charge in [0.1, 0.15) is 11.9 Å². The quantitative estimate of drug-likeness (QED) is 0.343. The van der Waals surface area contributed by atoms with Gasteiger partial charge in [0.25, 0.3) is 0 Å². The van der Waals surface area contributed by atoms with E-state index in [9.17, 15) is 14.4 Å². The molecule has 4 rings (SSSR count). The Kier molecular flexibility index (Phi) is 8.27. The van der Waals surface area contributed by atoms with Crippen molar-refractivity contribution in [1.29, 1.82) is 0 Å². The van der Waals surface area contributed by atoms with Crippen LogP contribution in [0.25, 0.3) is 0 Å². The molecule has 4 aliphatic rings. The van der Waals surface area contributed by atoms with E-state index in [0.29, 0.717) is 54.8 Å². The monoisotopic (exact) mass is 502 g/mol. The van der Waals surface area contributed by atoms with Crippen LogP contribution in [0.3, 0.4) is 0 Å². The summed E-state index contributed by atoms with van der Waals surface area (Å²) in [5.41, 5.74) is 0.337. The second-order valence-corrected chi connectivity index (χ2v) is 13.1. The second kappa shape index (κ2) is 10.8. The van der Waals surface area contributed by atoms with Crippen LogP contribution in [-0.4, -0.2) is 30.4 Å². The average molecular weight is 503 g/mol. The first-order valence-electron chi connectivity index (χ1n) is 15.0. The zero-order valence-corrected chi connectivity index (χ0v) is 23.6. The van der Waals surface area contributed by atoms with Gasteiger partial charge in [0.2, 0.25) is 0 Å². The van der Waals surface area contributed by atoms with Gasteiger partial charge >= 0.3 is 11.9 Å². The lowest BCUT2D eigenvalue weighted by atomic mass is 9.42. The van der Waals surface area contributed by atoms with Crippen molar-refractivity contribution < 1.29 is 23.9 Å². The molecule has 0 aromatic carbocycles. The second-order valence-electron chi connectivity index (χ2n) is 13.1.